The maximum atomic E-state index is 8.81. The summed E-state index contributed by atoms with van der Waals surface area (Å²) in [6.45, 7) is -0.107. The van der Waals surface area contributed by atoms with Gasteiger partial charge in [0.2, 0.25) is 0 Å². The minimum atomic E-state index is -0.107. The number of aromatic amines is 1. The van der Waals surface area contributed by atoms with Crippen LogP contribution in [0, 0.1) is 0 Å². The Balaban J connectivity index is 2.79. The average molecular weight is 150 g/mol. The van der Waals surface area contributed by atoms with E-state index in [2.05, 4.69) is 19.9 Å². The molecule has 0 radical (unpaired) electrons. The summed E-state index contributed by atoms with van der Waals surface area (Å²) in [6, 6.07) is 0. The third-order valence-corrected chi connectivity index (χ3v) is 1.44. The van der Waals surface area contributed by atoms with Crippen LogP contribution in [-0.2, 0) is 6.61 Å². The summed E-state index contributed by atoms with van der Waals surface area (Å²) in [4.78, 5) is 14.5. The zero-order valence-corrected chi connectivity index (χ0v) is 5.65. The normalized spacial score (nSPS) is 10.6. The Labute approximate surface area is 62.1 Å². The van der Waals surface area contributed by atoms with Gasteiger partial charge in [0.15, 0.2) is 5.65 Å². The number of imidazole rings is 1. The van der Waals surface area contributed by atoms with E-state index in [4.69, 9.17) is 5.11 Å². The number of aliphatic hydroxyl groups is 1. The maximum Gasteiger partial charge on any atom is 0.160 e. The zero-order chi connectivity index (χ0) is 7.68. The van der Waals surface area contributed by atoms with Crippen molar-refractivity contribution in [3.05, 3.63) is 18.3 Å². The van der Waals surface area contributed by atoms with E-state index in [1.54, 1.807) is 0 Å². The van der Waals surface area contributed by atoms with E-state index >= 15 is 0 Å². The minimum absolute atomic E-state index is 0.107. The quantitative estimate of drug-likeness (QED) is 0.592. The van der Waals surface area contributed by atoms with Crippen molar-refractivity contribution in [1.82, 2.24) is 19.9 Å². The van der Waals surface area contributed by atoms with Gasteiger partial charge in [-0.2, -0.15) is 0 Å². The molecule has 0 saturated carbocycles. The summed E-state index contributed by atoms with van der Waals surface area (Å²) >= 11 is 0. The number of nitrogens with one attached hydrogen (secondary N) is 1. The van der Waals surface area contributed by atoms with E-state index in [1.807, 2.05) is 0 Å². The molecular weight excluding hydrogens is 144 g/mol. The van der Waals surface area contributed by atoms with Crippen molar-refractivity contribution < 1.29 is 5.11 Å². The number of fused-ring (bicyclic) bond motifs is 1. The van der Waals surface area contributed by atoms with E-state index in [-0.39, 0.29) is 6.61 Å². The van der Waals surface area contributed by atoms with Crippen LogP contribution >= 0.6 is 0 Å². The molecule has 2 aromatic heterocycles. The highest BCUT2D eigenvalue weighted by Gasteiger charge is 2.02. The molecule has 56 valence electrons. The van der Waals surface area contributed by atoms with Gasteiger partial charge in [-0.05, 0) is 0 Å². The first-order chi connectivity index (χ1) is 5.42. The Morgan fingerprint density at radius 3 is 3.09 bits per heavy atom. The molecule has 0 amide bonds. The molecule has 0 fully saturated rings. The molecule has 5 nitrogen and oxygen atoms in total. The number of hydrogen-bond acceptors (Lipinski definition) is 4. The van der Waals surface area contributed by atoms with Crippen LogP contribution in [0.5, 0.6) is 0 Å². The monoisotopic (exact) mass is 150 g/mol. The zero-order valence-electron chi connectivity index (χ0n) is 5.65. The average Bonchev–Trinajstić information content (AvgIpc) is 2.50. The fraction of sp³-hybridized carbons (Fsp3) is 0.167. The van der Waals surface area contributed by atoms with Gasteiger partial charge in [0.25, 0.3) is 0 Å². The van der Waals surface area contributed by atoms with E-state index in [1.165, 1.54) is 12.7 Å². The van der Waals surface area contributed by atoms with Crippen molar-refractivity contribution in [3.8, 4) is 0 Å². The van der Waals surface area contributed by atoms with Gasteiger partial charge in [0.05, 0.1) is 18.6 Å². The molecule has 0 aromatic carbocycles. The number of aromatic nitrogens is 4. The lowest BCUT2D eigenvalue weighted by Crippen LogP contribution is -1.91. The van der Waals surface area contributed by atoms with Crippen LogP contribution in [0.1, 0.15) is 5.69 Å². The standard InChI is InChI=1S/C6H6N4O/c11-1-4-5-6(9-2-7-4)10-3-8-5/h2-3,11H,1H2,(H,7,8,9,10). The molecule has 0 aliphatic rings. The van der Waals surface area contributed by atoms with E-state index < -0.39 is 0 Å². The molecular formula is C6H6N4O. The van der Waals surface area contributed by atoms with Crippen LogP contribution in [-0.4, -0.2) is 25.0 Å². The highest BCUT2D eigenvalue weighted by molar-refractivity contribution is 5.71. The van der Waals surface area contributed by atoms with Crippen molar-refractivity contribution >= 4 is 11.2 Å². The van der Waals surface area contributed by atoms with Gasteiger partial charge in [-0.1, -0.05) is 0 Å². The highest BCUT2D eigenvalue weighted by Crippen LogP contribution is 2.07. The Bertz CT molecular complexity index is 369. The van der Waals surface area contributed by atoms with Gasteiger partial charge in [-0.15, -0.1) is 0 Å². The number of hydrogen-bond donors (Lipinski definition) is 2. The SMILES string of the molecule is OCc1ncnc2[nH]cnc12. The van der Waals surface area contributed by atoms with Gasteiger partial charge < -0.3 is 10.1 Å². The van der Waals surface area contributed by atoms with Crippen molar-refractivity contribution in [3.63, 3.8) is 0 Å². The Kier molecular flexibility index (Phi) is 1.29. The number of aliphatic hydroxyl groups excluding tert-OH is 1. The van der Waals surface area contributed by atoms with Gasteiger partial charge in [-0.3, -0.25) is 0 Å². The fourth-order valence-electron chi connectivity index (χ4n) is 0.930. The molecule has 0 unspecified atom stereocenters. The molecule has 11 heavy (non-hydrogen) atoms. The van der Waals surface area contributed by atoms with E-state index in [0.717, 1.165) is 0 Å². The van der Waals surface area contributed by atoms with Crippen LogP contribution < -0.4 is 0 Å². The van der Waals surface area contributed by atoms with E-state index in [0.29, 0.717) is 16.9 Å². The first kappa shape index (κ1) is 6.23. The van der Waals surface area contributed by atoms with Gasteiger partial charge in [0, 0.05) is 0 Å². The first-order valence-corrected chi connectivity index (χ1v) is 3.15. The van der Waals surface area contributed by atoms with Crippen molar-refractivity contribution in [2.24, 2.45) is 0 Å². The molecule has 0 saturated heterocycles. The molecule has 2 heterocycles. The lowest BCUT2D eigenvalue weighted by Gasteiger charge is -1.92. The maximum absolute atomic E-state index is 8.81. The number of rotatable bonds is 1. The Morgan fingerprint density at radius 2 is 2.27 bits per heavy atom. The fourth-order valence-corrected chi connectivity index (χ4v) is 0.930. The predicted octanol–water partition coefficient (Wildman–Crippen LogP) is -0.155. The summed E-state index contributed by atoms with van der Waals surface area (Å²) in [5, 5.41) is 8.81. The van der Waals surface area contributed by atoms with Crippen LogP contribution in [0.15, 0.2) is 12.7 Å². The summed E-state index contributed by atoms with van der Waals surface area (Å²) in [5.41, 5.74) is 1.84. The Morgan fingerprint density at radius 1 is 1.36 bits per heavy atom. The molecule has 2 N–H and O–H groups in total. The second-order valence-corrected chi connectivity index (χ2v) is 2.08. The smallest absolute Gasteiger partial charge is 0.160 e. The molecule has 0 aliphatic heterocycles. The summed E-state index contributed by atoms with van der Waals surface area (Å²) in [5.74, 6) is 0. The molecule has 0 bridgehead atoms. The molecule has 2 aromatic rings. The molecule has 0 atom stereocenters. The van der Waals surface area contributed by atoms with Crippen molar-refractivity contribution in [1.29, 1.82) is 0 Å². The topological polar surface area (TPSA) is 74.7 Å². The lowest BCUT2D eigenvalue weighted by molar-refractivity contribution is 0.278. The minimum Gasteiger partial charge on any atom is -0.390 e. The second-order valence-electron chi connectivity index (χ2n) is 2.08. The third kappa shape index (κ3) is 0.857. The van der Waals surface area contributed by atoms with Crippen LogP contribution in [0.4, 0.5) is 0 Å². The van der Waals surface area contributed by atoms with Crippen LogP contribution in [0.2, 0.25) is 0 Å². The number of H-pyrrole nitrogens is 1. The molecule has 0 spiro atoms. The second kappa shape index (κ2) is 2.28. The third-order valence-electron chi connectivity index (χ3n) is 1.44. The number of nitrogens with zero attached hydrogens (tertiary/aromatic N) is 3. The van der Waals surface area contributed by atoms with Gasteiger partial charge >= 0.3 is 0 Å². The van der Waals surface area contributed by atoms with Gasteiger partial charge in [0.1, 0.15) is 11.8 Å². The van der Waals surface area contributed by atoms with Gasteiger partial charge in [-0.25, -0.2) is 15.0 Å². The molecule has 0 aliphatic carbocycles. The molecule has 5 heteroatoms. The summed E-state index contributed by atoms with van der Waals surface area (Å²) < 4.78 is 0. The predicted molar refractivity (Wildman–Crippen MR) is 37.6 cm³/mol. The van der Waals surface area contributed by atoms with E-state index in [9.17, 15) is 0 Å². The highest BCUT2D eigenvalue weighted by atomic mass is 16.3. The van der Waals surface area contributed by atoms with Crippen LogP contribution in [0.3, 0.4) is 0 Å². The van der Waals surface area contributed by atoms with Crippen LogP contribution in [0.25, 0.3) is 11.2 Å². The first-order valence-electron chi connectivity index (χ1n) is 3.15. The molecule has 2 rings (SSSR count). The Hall–Kier alpha value is -1.49. The van der Waals surface area contributed by atoms with Crippen molar-refractivity contribution in [2.75, 3.05) is 0 Å². The summed E-state index contributed by atoms with van der Waals surface area (Å²) in [6.07, 6.45) is 2.92. The largest absolute Gasteiger partial charge is 0.390 e. The van der Waals surface area contributed by atoms with Crippen molar-refractivity contribution in [2.45, 2.75) is 6.61 Å². The lowest BCUT2D eigenvalue weighted by atomic mass is 10.4. The summed E-state index contributed by atoms with van der Waals surface area (Å²) in [7, 11) is 0.